The quantitative estimate of drug-likeness (QED) is 0.128. The van der Waals surface area contributed by atoms with Gasteiger partial charge in [-0.25, -0.2) is 4.72 Å². The van der Waals surface area contributed by atoms with Gasteiger partial charge in [0, 0.05) is 45.4 Å². The van der Waals surface area contributed by atoms with E-state index >= 15 is 0 Å². The first-order valence-electron chi connectivity index (χ1n) is 11.1. The average Bonchev–Trinajstić information content (AvgIpc) is 3.57. The molecule has 0 saturated heterocycles. The zero-order valence-electron chi connectivity index (χ0n) is 19.6. The molecule has 36 heavy (non-hydrogen) atoms. The number of aliphatic hydroxyl groups is 2. The Bertz CT molecular complexity index is 1440. The van der Waals surface area contributed by atoms with Gasteiger partial charge in [0.2, 0.25) is 0 Å². The van der Waals surface area contributed by atoms with E-state index in [0.29, 0.717) is 10.7 Å². The van der Waals surface area contributed by atoms with Gasteiger partial charge in [-0.2, -0.15) is 5.10 Å². The van der Waals surface area contributed by atoms with Crippen LogP contribution in [-0.4, -0.2) is 32.5 Å². The summed E-state index contributed by atoms with van der Waals surface area (Å²) in [5, 5.41) is 25.6. The number of nitrogens with two attached hydrogens (primary N) is 1. The second-order valence-corrected chi connectivity index (χ2v) is 10.3. The number of nitrogens with zero attached hydrogens (tertiary/aromatic N) is 2. The summed E-state index contributed by atoms with van der Waals surface area (Å²) in [5.41, 5.74) is 10.4. The van der Waals surface area contributed by atoms with Gasteiger partial charge in [0.05, 0.1) is 28.9 Å². The summed E-state index contributed by atoms with van der Waals surface area (Å²) in [6, 6.07) is 17.5. The smallest absolute Gasteiger partial charge is 0.0783 e. The van der Waals surface area contributed by atoms with Gasteiger partial charge < -0.3 is 15.9 Å². The maximum Gasteiger partial charge on any atom is 0.0783 e. The van der Waals surface area contributed by atoms with E-state index in [4.69, 9.17) is 22.4 Å². The topological polar surface area (TPSA) is 120 Å². The van der Waals surface area contributed by atoms with Crippen LogP contribution < -0.4 is 10.5 Å². The summed E-state index contributed by atoms with van der Waals surface area (Å²) in [6.45, 7) is 1.76. The van der Waals surface area contributed by atoms with Crippen LogP contribution in [0.3, 0.4) is 0 Å². The average molecular weight is 540 g/mol. The summed E-state index contributed by atoms with van der Waals surface area (Å²) >= 11 is 9.79. The van der Waals surface area contributed by atoms with E-state index in [2.05, 4.69) is 38.1 Å². The third kappa shape index (κ3) is 5.73. The van der Waals surface area contributed by atoms with Gasteiger partial charge in [-0.1, -0.05) is 29.8 Å². The number of thiophene rings is 1. The standard InChI is InChI=1S/C25H22ClN5OS2.CH4O/c1-14(32)15-7-8-28-22(9-15)19-4-2-3-16-10-23(33-25(16)19)24(31-34-18-12-29-30-13-18)20-11-17(27)5-6-21(20)26;1-2/h2-14,24,31-32H,27H2,1H3,(H,29,30);2H,1H3. The number of hydrogen-bond acceptors (Lipinski definition) is 8. The highest BCUT2D eigenvalue weighted by atomic mass is 35.5. The molecule has 0 bridgehead atoms. The molecule has 7 nitrogen and oxygen atoms in total. The molecule has 0 aliphatic heterocycles. The molecule has 0 spiro atoms. The van der Waals surface area contributed by atoms with Crippen LogP contribution in [0.15, 0.2) is 78.1 Å². The molecule has 2 aromatic carbocycles. The number of H-pyrrole nitrogens is 1. The van der Waals surface area contributed by atoms with Gasteiger partial charge in [0.1, 0.15) is 0 Å². The van der Waals surface area contributed by atoms with E-state index in [1.54, 1.807) is 36.7 Å². The van der Waals surface area contributed by atoms with Crippen molar-refractivity contribution in [2.45, 2.75) is 24.0 Å². The number of anilines is 1. The van der Waals surface area contributed by atoms with E-state index in [-0.39, 0.29) is 6.04 Å². The highest BCUT2D eigenvalue weighted by Crippen LogP contribution is 2.41. The van der Waals surface area contributed by atoms with Crippen molar-refractivity contribution in [1.29, 1.82) is 0 Å². The van der Waals surface area contributed by atoms with Crippen molar-refractivity contribution in [3.05, 3.63) is 94.2 Å². The molecule has 6 N–H and O–H groups in total. The second-order valence-electron chi connectivity index (χ2n) is 7.89. The molecule has 0 amide bonds. The summed E-state index contributed by atoms with van der Waals surface area (Å²) in [6.07, 6.45) is 4.78. The minimum absolute atomic E-state index is 0.196. The molecule has 3 aromatic heterocycles. The minimum atomic E-state index is -0.556. The number of fused-ring (bicyclic) bond motifs is 1. The molecule has 5 aromatic rings. The second kappa shape index (κ2) is 11.9. The summed E-state index contributed by atoms with van der Waals surface area (Å²) in [7, 11) is 1.00. The fourth-order valence-electron chi connectivity index (χ4n) is 3.76. The van der Waals surface area contributed by atoms with Gasteiger partial charge in [-0.05, 0) is 71.8 Å². The number of aliphatic hydroxyl groups excluding tert-OH is 2. The number of aromatic amines is 1. The highest BCUT2D eigenvalue weighted by Gasteiger charge is 2.22. The first-order valence-corrected chi connectivity index (χ1v) is 13.1. The SMILES string of the molecule is CC(O)c1ccnc(-c2cccc3cc(C(NSc4cn[nH]c4)c4cc(N)ccc4Cl)sc23)c1.CO. The molecule has 0 fully saturated rings. The number of benzene rings is 2. The normalized spacial score (nSPS) is 12.7. The lowest BCUT2D eigenvalue weighted by Crippen LogP contribution is -2.15. The third-order valence-corrected chi connectivity index (χ3v) is 7.89. The number of halogens is 1. The van der Waals surface area contributed by atoms with Crippen molar-refractivity contribution in [3.63, 3.8) is 0 Å². The fourth-order valence-corrected chi connectivity index (χ4v) is 6.04. The van der Waals surface area contributed by atoms with Crippen molar-refractivity contribution < 1.29 is 10.2 Å². The Morgan fingerprint density at radius 2 is 1.97 bits per heavy atom. The zero-order valence-corrected chi connectivity index (χ0v) is 22.0. The number of nitrogen functional groups attached to an aromatic ring is 1. The van der Waals surface area contributed by atoms with Crippen LogP contribution in [0, 0.1) is 0 Å². The number of rotatable bonds is 7. The molecule has 3 heterocycles. The van der Waals surface area contributed by atoms with Crippen LogP contribution in [0.2, 0.25) is 5.02 Å². The Morgan fingerprint density at radius 3 is 2.72 bits per heavy atom. The predicted molar refractivity (Wildman–Crippen MR) is 149 cm³/mol. The van der Waals surface area contributed by atoms with Crippen LogP contribution in [0.25, 0.3) is 21.3 Å². The molecule has 186 valence electrons. The van der Waals surface area contributed by atoms with Crippen LogP contribution in [0.4, 0.5) is 5.69 Å². The van der Waals surface area contributed by atoms with E-state index in [1.807, 2.05) is 36.5 Å². The van der Waals surface area contributed by atoms with E-state index in [0.717, 1.165) is 49.4 Å². The van der Waals surface area contributed by atoms with Gasteiger partial charge >= 0.3 is 0 Å². The molecular formula is C26H26ClN5O2S2. The van der Waals surface area contributed by atoms with Gasteiger partial charge in [0.15, 0.2) is 0 Å². The monoisotopic (exact) mass is 539 g/mol. The molecule has 2 atom stereocenters. The van der Waals surface area contributed by atoms with Crippen molar-refractivity contribution in [2.24, 2.45) is 0 Å². The van der Waals surface area contributed by atoms with Crippen molar-refractivity contribution in [2.75, 3.05) is 12.8 Å². The Morgan fingerprint density at radius 1 is 1.14 bits per heavy atom. The first kappa shape index (κ1) is 26.2. The maximum atomic E-state index is 10.0. The Kier molecular flexibility index (Phi) is 8.63. The minimum Gasteiger partial charge on any atom is -0.400 e. The van der Waals surface area contributed by atoms with E-state index in [1.165, 1.54) is 11.9 Å². The molecular weight excluding hydrogens is 514 g/mol. The molecule has 0 aliphatic rings. The van der Waals surface area contributed by atoms with Gasteiger partial charge in [0.25, 0.3) is 0 Å². The molecule has 0 saturated carbocycles. The van der Waals surface area contributed by atoms with Gasteiger partial charge in [-0.15, -0.1) is 11.3 Å². The van der Waals surface area contributed by atoms with Crippen LogP contribution in [0.1, 0.15) is 35.1 Å². The maximum absolute atomic E-state index is 10.0. The zero-order chi connectivity index (χ0) is 25.7. The van der Waals surface area contributed by atoms with Crippen LogP contribution >= 0.6 is 34.9 Å². The summed E-state index contributed by atoms with van der Waals surface area (Å²) in [5.74, 6) is 0. The van der Waals surface area contributed by atoms with Crippen molar-refractivity contribution in [1.82, 2.24) is 19.9 Å². The largest absolute Gasteiger partial charge is 0.400 e. The number of hydrogen-bond donors (Lipinski definition) is 5. The molecule has 0 aliphatic carbocycles. The van der Waals surface area contributed by atoms with Crippen molar-refractivity contribution in [3.8, 4) is 11.3 Å². The Labute approximate surface area is 222 Å². The molecule has 2 unspecified atom stereocenters. The predicted octanol–water partition coefficient (Wildman–Crippen LogP) is 5.97. The van der Waals surface area contributed by atoms with Crippen molar-refractivity contribution >= 4 is 50.7 Å². The van der Waals surface area contributed by atoms with Gasteiger partial charge in [-0.3, -0.25) is 10.1 Å². The lowest BCUT2D eigenvalue weighted by Gasteiger charge is -2.18. The van der Waals surface area contributed by atoms with Crippen LogP contribution in [-0.2, 0) is 0 Å². The fraction of sp³-hybridized carbons (Fsp3) is 0.154. The number of pyridine rings is 1. The number of nitrogens with one attached hydrogen (secondary N) is 2. The third-order valence-electron chi connectivity index (χ3n) is 5.49. The van der Waals surface area contributed by atoms with Crippen LogP contribution in [0.5, 0.6) is 0 Å². The lowest BCUT2D eigenvalue weighted by atomic mass is 10.0. The lowest BCUT2D eigenvalue weighted by molar-refractivity contribution is 0.199. The Hall–Kier alpha value is -2.92. The number of aromatic nitrogens is 3. The highest BCUT2D eigenvalue weighted by molar-refractivity contribution is 7.97. The first-order chi connectivity index (χ1) is 17.5. The van der Waals surface area contributed by atoms with E-state index in [9.17, 15) is 5.11 Å². The molecule has 5 rings (SSSR count). The summed E-state index contributed by atoms with van der Waals surface area (Å²) in [4.78, 5) is 6.64. The van der Waals surface area contributed by atoms with E-state index < -0.39 is 6.10 Å². The molecule has 10 heteroatoms. The molecule has 0 radical (unpaired) electrons. The Balaban J connectivity index is 0.00000148. The summed E-state index contributed by atoms with van der Waals surface area (Å²) < 4.78 is 4.66.